The molecule has 2 heterocycles. The first-order valence-corrected chi connectivity index (χ1v) is 9.63. The number of rotatable bonds is 7. The van der Waals surface area contributed by atoms with Gasteiger partial charge >= 0.3 is 0 Å². The molecule has 0 bridgehead atoms. The standard InChI is InChI=1S/C18H26N2O3S/c1-22-14-6-7-15(16(12-14)23-2)18-20(17(21)13-24-18)11-5-10-19-8-3-4-9-19/h6-7,12,18H,3-5,8-11,13H2,1-2H3. The Kier molecular flexibility index (Phi) is 5.89. The summed E-state index contributed by atoms with van der Waals surface area (Å²) in [5.74, 6) is 2.32. The SMILES string of the molecule is COc1ccc(C2SCC(=O)N2CCCN2CCCC2)c(OC)c1. The van der Waals surface area contributed by atoms with Gasteiger partial charge in [-0.2, -0.15) is 0 Å². The maximum atomic E-state index is 12.3. The van der Waals surface area contributed by atoms with Crippen molar-refractivity contribution in [2.45, 2.75) is 24.6 Å². The number of hydrogen-bond acceptors (Lipinski definition) is 5. The van der Waals surface area contributed by atoms with Crippen LogP contribution in [0.4, 0.5) is 0 Å². The van der Waals surface area contributed by atoms with Gasteiger partial charge in [0, 0.05) is 18.2 Å². The average molecular weight is 350 g/mol. The van der Waals surface area contributed by atoms with E-state index < -0.39 is 0 Å². The van der Waals surface area contributed by atoms with Crippen molar-refractivity contribution in [3.05, 3.63) is 23.8 Å². The highest BCUT2D eigenvalue weighted by Gasteiger charge is 2.34. The molecule has 1 amide bonds. The van der Waals surface area contributed by atoms with Crippen LogP contribution in [0.2, 0.25) is 0 Å². The number of nitrogens with zero attached hydrogens (tertiary/aromatic N) is 2. The van der Waals surface area contributed by atoms with E-state index in [1.807, 2.05) is 23.1 Å². The first-order chi connectivity index (χ1) is 11.7. The summed E-state index contributed by atoms with van der Waals surface area (Å²) < 4.78 is 10.8. The maximum absolute atomic E-state index is 12.3. The van der Waals surface area contributed by atoms with Gasteiger partial charge in [0.2, 0.25) is 5.91 Å². The van der Waals surface area contributed by atoms with Gasteiger partial charge in [-0.05, 0) is 51.0 Å². The Morgan fingerprint density at radius 3 is 2.67 bits per heavy atom. The summed E-state index contributed by atoms with van der Waals surface area (Å²) >= 11 is 1.68. The fourth-order valence-electron chi connectivity index (χ4n) is 3.45. The predicted octanol–water partition coefficient (Wildman–Crippen LogP) is 2.76. The Labute approximate surface area is 148 Å². The lowest BCUT2D eigenvalue weighted by molar-refractivity contribution is -0.128. The Morgan fingerprint density at radius 2 is 1.96 bits per heavy atom. The van der Waals surface area contributed by atoms with Crippen LogP contribution in [0.1, 0.15) is 30.2 Å². The molecule has 2 fully saturated rings. The number of likely N-dealkylation sites (tertiary alicyclic amines) is 1. The van der Waals surface area contributed by atoms with Gasteiger partial charge in [-0.25, -0.2) is 0 Å². The molecule has 2 aliphatic rings. The summed E-state index contributed by atoms with van der Waals surface area (Å²) in [6.07, 6.45) is 3.65. The zero-order valence-corrected chi connectivity index (χ0v) is 15.3. The molecule has 1 aromatic rings. The van der Waals surface area contributed by atoms with E-state index in [0.29, 0.717) is 5.75 Å². The van der Waals surface area contributed by atoms with Gasteiger partial charge in [0.25, 0.3) is 0 Å². The smallest absolute Gasteiger partial charge is 0.233 e. The van der Waals surface area contributed by atoms with Gasteiger partial charge in [-0.3, -0.25) is 4.79 Å². The van der Waals surface area contributed by atoms with Gasteiger partial charge < -0.3 is 19.3 Å². The minimum atomic E-state index is 0.0388. The molecule has 0 spiro atoms. The van der Waals surface area contributed by atoms with Crippen molar-refractivity contribution in [3.63, 3.8) is 0 Å². The fourth-order valence-corrected chi connectivity index (χ4v) is 4.69. The van der Waals surface area contributed by atoms with Crippen molar-refractivity contribution in [1.29, 1.82) is 0 Å². The Bertz CT molecular complexity index is 575. The minimum absolute atomic E-state index is 0.0388. The molecule has 1 aromatic carbocycles. The lowest BCUT2D eigenvalue weighted by atomic mass is 10.1. The van der Waals surface area contributed by atoms with Crippen molar-refractivity contribution >= 4 is 17.7 Å². The number of benzene rings is 1. The summed E-state index contributed by atoms with van der Waals surface area (Å²) in [4.78, 5) is 16.8. The van der Waals surface area contributed by atoms with Gasteiger partial charge in [0.15, 0.2) is 0 Å². The summed E-state index contributed by atoms with van der Waals surface area (Å²) in [5, 5.41) is 0.0388. The van der Waals surface area contributed by atoms with Crippen LogP contribution in [-0.2, 0) is 4.79 Å². The quantitative estimate of drug-likeness (QED) is 0.756. The molecule has 0 radical (unpaired) electrons. The van der Waals surface area contributed by atoms with Crippen LogP contribution >= 0.6 is 11.8 Å². The molecule has 2 saturated heterocycles. The summed E-state index contributed by atoms with van der Waals surface area (Å²) in [5.41, 5.74) is 1.05. The van der Waals surface area contributed by atoms with Crippen molar-refractivity contribution in [3.8, 4) is 11.5 Å². The lowest BCUT2D eigenvalue weighted by Gasteiger charge is -2.26. The number of thioether (sulfide) groups is 1. The Morgan fingerprint density at radius 1 is 1.17 bits per heavy atom. The van der Waals surface area contributed by atoms with Crippen LogP contribution in [0, 0.1) is 0 Å². The third-order valence-electron chi connectivity index (χ3n) is 4.75. The molecule has 0 N–H and O–H groups in total. The van der Waals surface area contributed by atoms with E-state index in [-0.39, 0.29) is 11.3 Å². The van der Waals surface area contributed by atoms with E-state index in [0.717, 1.165) is 36.6 Å². The zero-order chi connectivity index (χ0) is 16.9. The first-order valence-electron chi connectivity index (χ1n) is 8.58. The van der Waals surface area contributed by atoms with E-state index in [2.05, 4.69) is 4.90 Å². The third-order valence-corrected chi connectivity index (χ3v) is 5.98. The molecule has 1 atom stereocenters. The molecule has 0 saturated carbocycles. The molecule has 24 heavy (non-hydrogen) atoms. The normalized spacial score (nSPS) is 21.5. The maximum Gasteiger partial charge on any atom is 0.233 e. The topological polar surface area (TPSA) is 42.0 Å². The van der Waals surface area contributed by atoms with Crippen molar-refractivity contribution in [2.75, 3.05) is 46.2 Å². The summed E-state index contributed by atoms with van der Waals surface area (Å²) in [6.45, 7) is 4.31. The molecule has 2 aliphatic heterocycles. The van der Waals surface area contributed by atoms with Gasteiger partial charge in [-0.15, -0.1) is 11.8 Å². The largest absolute Gasteiger partial charge is 0.497 e. The number of methoxy groups -OCH3 is 2. The minimum Gasteiger partial charge on any atom is -0.497 e. The second-order valence-electron chi connectivity index (χ2n) is 6.26. The van der Waals surface area contributed by atoms with Crippen molar-refractivity contribution < 1.29 is 14.3 Å². The second-order valence-corrected chi connectivity index (χ2v) is 7.33. The van der Waals surface area contributed by atoms with Gasteiger partial charge in [-0.1, -0.05) is 0 Å². The predicted molar refractivity (Wildman–Crippen MR) is 96.7 cm³/mol. The molecule has 0 aliphatic carbocycles. The van der Waals surface area contributed by atoms with E-state index in [1.165, 1.54) is 25.9 Å². The van der Waals surface area contributed by atoms with Crippen LogP contribution in [0.15, 0.2) is 18.2 Å². The van der Waals surface area contributed by atoms with Gasteiger partial charge in [0.1, 0.15) is 16.9 Å². The molecule has 132 valence electrons. The van der Waals surface area contributed by atoms with Crippen molar-refractivity contribution in [1.82, 2.24) is 9.80 Å². The van der Waals surface area contributed by atoms with E-state index >= 15 is 0 Å². The zero-order valence-electron chi connectivity index (χ0n) is 14.5. The number of amides is 1. The molecule has 5 nitrogen and oxygen atoms in total. The summed E-state index contributed by atoms with van der Waals surface area (Å²) in [7, 11) is 3.31. The van der Waals surface area contributed by atoms with E-state index in [9.17, 15) is 4.79 Å². The number of carbonyl (C=O) groups is 1. The van der Waals surface area contributed by atoms with Crippen LogP contribution in [-0.4, -0.2) is 61.9 Å². The lowest BCUT2D eigenvalue weighted by Crippen LogP contribution is -2.32. The van der Waals surface area contributed by atoms with Crippen molar-refractivity contribution in [2.24, 2.45) is 0 Å². The highest BCUT2D eigenvalue weighted by atomic mass is 32.2. The molecule has 0 aromatic heterocycles. The highest BCUT2D eigenvalue weighted by molar-refractivity contribution is 8.00. The Hall–Kier alpha value is -1.40. The van der Waals surface area contributed by atoms with Crippen LogP contribution < -0.4 is 9.47 Å². The molecule has 3 rings (SSSR count). The van der Waals surface area contributed by atoms with E-state index in [4.69, 9.17) is 9.47 Å². The number of ether oxygens (including phenoxy) is 2. The Balaban J connectivity index is 1.68. The average Bonchev–Trinajstić information content (AvgIpc) is 3.25. The molecule has 6 heteroatoms. The highest BCUT2D eigenvalue weighted by Crippen LogP contribution is 2.43. The first kappa shape index (κ1) is 17.4. The van der Waals surface area contributed by atoms with Crippen LogP contribution in [0.5, 0.6) is 11.5 Å². The van der Waals surface area contributed by atoms with E-state index in [1.54, 1.807) is 26.0 Å². The number of carbonyl (C=O) groups excluding carboxylic acids is 1. The van der Waals surface area contributed by atoms with Gasteiger partial charge in [0.05, 0.1) is 20.0 Å². The third kappa shape index (κ3) is 3.81. The summed E-state index contributed by atoms with van der Waals surface area (Å²) in [6, 6.07) is 5.84. The molecular formula is C18H26N2O3S. The van der Waals surface area contributed by atoms with Crippen LogP contribution in [0.3, 0.4) is 0 Å². The molecule has 1 unspecified atom stereocenters. The fraction of sp³-hybridized carbons (Fsp3) is 0.611. The van der Waals surface area contributed by atoms with Crippen LogP contribution in [0.25, 0.3) is 0 Å². The number of hydrogen-bond donors (Lipinski definition) is 0. The monoisotopic (exact) mass is 350 g/mol. The second kappa shape index (κ2) is 8.12. The molecular weight excluding hydrogens is 324 g/mol.